The molecule has 0 saturated carbocycles. The van der Waals surface area contributed by atoms with Crippen molar-refractivity contribution in [3.8, 4) is 0 Å². The van der Waals surface area contributed by atoms with Gasteiger partial charge in [0, 0.05) is 11.8 Å². The number of aliphatic imine (C=N–C) groups is 1. The molecule has 0 saturated heterocycles. The van der Waals surface area contributed by atoms with E-state index >= 15 is 0 Å². The molecule has 2 nitrogen and oxygen atoms in total. The van der Waals surface area contributed by atoms with Crippen molar-refractivity contribution in [3.05, 3.63) is 0 Å². The second-order valence-corrected chi connectivity index (χ2v) is 4.30. The van der Waals surface area contributed by atoms with Crippen LogP contribution >= 0.6 is 11.8 Å². The highest BCUT2D eigenvalue weighted by Gasteiger charge is 2.11. The number of amidine groups is 1. The van der Waals surface area contributed by atoms with Gasteiger partial charge in [-0.25, -0.2) is 0 Å². The molecule has 0 radical (unpaired) electrons. The highest BCUT2D eigenvalue weighted by molar-refractivity contribution is 8.13. The van der Waals surface area contributed by atoms with Crippen LogP contribution in [-0.4, -0.2) is 23.0 Å². The molecule has 1 aliphatic heterocycles. The summed E-state index contributed by atoms with van der Waals surface area (Å²) in [4.78, 5) is 4.49. The van der Waals surface area contributed by atoms with Gasteiger partial charge in [0.25, 0.3) is 0 Å². The van der Waals surface area contributed by atoms with Crippen LogP contribution in [0.15, 0.2) is 4.99 Å². The number of hydrogen-bond acceptors (Lipinski definition) is 3. The molecule has 0 fully saturated rings. The summed E-state index contributed by atoms with van der Waals surface area (Å²) in [5.74, 6) is 1.21. The molecule has 1 rings (SSSR count). The van der Waals surface area contributed by atoms with Gasteiger partial charge in [0.05, 0.1) is 6.04 Å². The molecule has 11 heavy (non-hydrogen) atoms. The maximum absolute atomic E-state index is 4.49. The lowest BCUT2D eigenvalue weighted by Crippen LogP contribution is -2.31. The summed E-state index contributed by atoms with van der Waals surface area (Å²) in [5, 5.41) is 4.45. The van der Waals surface area contributed by atoms with Crippen molar-refractivity contribution in [2.45, 2.75) is 39.3 Å². The van der Waals surface area contributed by atoms with Gasteiger partial charge in [0.2, 0.25) is 0 Å². The fraction of sp³-hybridized carbons (Fsp3) is 0.875. The van der Waals surface area contributed by atoms with Crippen LogP contribution in [-0.2, 0) is 0 Å². The van der Waals surface area contributed by atoms with E-state index in [0.717, 1.165) is 5.17 Å². The van der Waals surface area contributed by atoms with Gasteiger partial charge in [-0.1, -0.05) is 11.8 Å². The molecule has 0 aliphatic carbocycles. The van der Waals surface area contributed by atoms with Crippen molar-refractivity contribution < 1.29 is 0 Å². The molecule has 0 amide bonds. The van der Waals surface area contributed by atoms with Crippen molar-refractivity contribution in [1.82, 2.24) is 5.32 Å². The molecule has 0 spiro atoms. The molecule has 0 aromatic carbocycles. The van der Waals surface area contributed by atoms with Crippen LogP contribution in [0.25, 0.3) is 0 Å². The summed E-state index contributed by atoms with van der Waals surface area (Å²) in [6.45, 7) is 6.45. The standard InChI is InChI=1S/C8H16N2S/c1-6(2)9-8-10-7(3)4-5-11-8/h6-7H,4-5H2,1-3H3,(H,9,10). The van der Waals surface area contributed by atoms with Crippen molar-refractivity contribution in [3.63, 3.8) is 0 Å². The van der Waals surface area contributed by atoms with Gasteiger partial charge >= 0.3 is 0 Å². The third kappa shape index (κ3) is 3.14. The fourth-order valence-corrected chi connectivity index (χ4v) is 2.18. The number of hydrogen-bond donors (Lipinski definition) is 1. The Bertz CT molecular complexity index is 154. The molecular formula is C8H16N2S. The number of nitrogens with zero attached hydrogens (tertiary/aromatic N) is 1. The van der Waals surface area contributed by atoms with Crippen LogP contribution in [0, 0.1) is 0 Å². The van der Waals surface area contributed by atoms with Crippen molar-refractivity contribution in [1.29, 1.82) is 0 Å². The molecule has 3 heteroatoms. The Hall–Kier alpha value is -0.180. The number of rotatable bonds is 1. The summed E-state index contributed by atoms with van der Waals surface area (Å²) in [7, 11) is 0. The minimum Gasteiger partial charge on any atom is -0.363 e. The molecule has 1 unspecified atom stereocenters. The van der Waals surface area contributed by atoms with Crippen LogP contribution in [0.4, 0.5) is 0 Å². The van der Waals surface area contributed by atoms with Crippen LogP contribution in [0.2, 0.25) is 0 Å². The minimum absolute atomic E-state index is 0.506. The lowest BCUT2D eigenvalue weighted by molar-refractivity contribution is 0.690. The zero-order chi connectivity index (χ0) is 8.27. The lowest BCUT2D eigenvalue weighted by Gasteiger charge is -2.19. The quantitative estimate of drug-likeness (QED) is 0.653. The third-order valence-electron chi connectivity index (χ3n) is 1.52. The van der Waals surface area contributed by atoms with E-state index in [1.54, 1.807) is 0 Å². The van der Waals surface area contributed by atoms with Gasteiger partial charge in [0.15, 0.2) is 5.17 Å². The summed E-state index contributed by atoms with van der Waals surface area (Å²) >= 11 is 1.83. The predicted octanol–water partition coefficient (Wildman–Crippen LogP) is 1.87. The smallest absolute Gasteiger partial charge is 0.157 e. The number of nitrogens with one attached hydrogen (secondary N) is 1. The minimum atomic E-state index is 0.506. The first-order valence-corrected chi connectivity index (χ1v) is 5.14. The highest BCUT2D eigenvalue weighted by atomic mass is 32.2. The fourth-order valence-electron chi connectivity index (χ4n) is 0.954. The monoisotopic (exact) mass is 172 g/mol. The van der Waals surface area contributed by atoms with Crippen LogP contribution in [0.3, 0.4) is 0 Å². The van der Waals surface area contributed by atoms with Gasteiger partial charge < -0.3 is 5.32 Å². The maximum Gasteiger partial charge on any atom is 0.157 e. The molecule has 1 N–H and O–H groups in total. The van der Waals surface area contributed by atoms with Gasteiger partial charge in [0.1, 0.15) is 0 Å². The van der Waals surface area contributed by atoms with E-state index in [1.165, 1.54) is 12.2 Å². The Morgan fingerprint density at radius 2 is 2.36 bits per heavy atom. The second kappa shape index (κ2) is 4.00. The lowest BCUT2D eigenvalue weighted by atomic mass is 10.3. The highest BCUT2D eigenvalue weighted by Crippen LogP contribution is 2.15. The van der Waals surface area contributed by atoms with Crippen LogP contribution in [0.1, 0.15) is 27.2 Å². The average molecular weight is 172 g/mol. The first-order chi connectivity index (χ1) is 5.18. The zero-order valence-electron chi connectivity index (χ0n) is 7.42. The first kappa shape index (κ1) is 8.91. The summed E-state index contributed by atoms with van der Waals surface area (Å²) in [6, 6.07) is 1.02. The zero-order valence-corrected chi connectivity index (χ0v) is 8.24. The van der Waals surface area contributed by atoms with E-state index in [-0.39, 0.29) is 0 Å². The maximum atomic E-state index is 4.49. The molecule has 64 valence electrons. The Balaban J connectivity index is 2.43. The molecule has 0 aromatic heterocycles. The normalized spacial score (nSPS) is 25.1. The molecular weight excluding hydrogens is 156 g/mol. The van der Waals surface area contributed by atoms with Crippen LogP contribution in [0.5, 0.6) is 0 Å². The summed E-state index contributed by atoms with van der Waals surface area (Å²) < 4.78 is 0. The van der Waals surface area contributed by atoms with Gasteiger partial charge in [-0.15, -0.1) is 0 Å². The Morgan fingerprint density at radius 3 is 2.91 bits per heavy atom. The van der Waals surface area contributed by atoms with Gasteiger partial charge in [-0.05, 0) is 27.2 Å². The largest absolute Gasteiger partial charge is 0.363 e. The Labute approximate surface area is 72.9 Å². The van der Waals surface area contributed by atoms with E-state index in [4.69, 9.17) is 0 Å². The van der Waals surface area contributed by atoms with E-state index in [0.29, 0.717) is 12.1 Å². The first-order valence-electron chi connectivity index (χ1n) is 4.15. The Morgan fingerprint density at radius 1 is 1.64 bits per heavy atom. The van der Waals surface area contributed by atoms with Gasteiger partial charge in [-0.2, -0.15) is 0 Å². The van der Waals surface area contributed by atoms with E-state index in [9.17, 15) is 0 Å². The van der Waals surface area contributed by atoms with Crippen LogP contribution < -0.4 is 5.32 Å². The summed E-state index contributed by atoms with van der Waals surface area (Å²) in [6.07, 6.45) is 1.22. The molecule has 1 heterocycles. The van der Waals surface area contributed by atoms with E-state index < -0.39 is 0 Å². The topological polar surface area (TPSA) is 24.4 Å². The Kier molecular flexibility index (Phi) is 3.24. The van der Waals surface area contributed by atoms with E-state index in [2.05, 4.69) is 31.1 Å². The third-order valence-corrected chi connectivity index (χ3v) is 2.46. The molecule has 0 bridgehead atoms. The van der Waals surface area contributed by atoms with E-state index in [1.807, 2.05) is 11.8 Å². The van der Waals surface area contributed by atoms with Crippen molar-refractivity contribution >= 4 is 16.9 Å². The molecule has 0 aromatic rings. The average Bonchev–Trinajstić information content (AvgIpc) is 1.85. The summed E-state index contributed by atoms with van der Waals surface area (Å²) in [5.41, 5.74) is 0. The number of thioether (sulfide) groups is 1. The molecule has 1 aliphatic rings. The van der Waals surface area contributed by atoms with Gasteiger partial charge in [-0.3, -0.25) is 4.99 Å². The molecule has 1 atom stereocenters. The SMILES string of the molecule is CC1CCSC(NC(C)C)=N1. The predicted molar refractivity (Wildman–Crippen MR) is 52.2 cm³/mol. The second-order valence-electron chi connectivity index (χ2n) is 3.22. The van der Waals surface area contributed by atoms with Crippen molar-refractivity contribution in [2.24, 2.45) is 4.99 Å². The van der Waals surface area contributed by atoms with Crippen molar-refractivity contribution in [2.75, 3.05) is 5.75 Å².